The second-order valence-corrected chi connectivity index (χ2v) is 6.29. The minimum atomic E-state index is 0. The number of para-hydroxylation sites is 1. The summed E-state index contributed by atoms with van der Waals surface area (Å²) in [4.78, 5) is 7.02. The lowest BCUT2D eigenvalue weighted by Gasteiger charge is -2.34. The predicted octanol–water partition coefficient (Wildman–Crippen LogP) is 3.41. The summed E-state index contributed by atoms with van der Waals surface area (Å²) in [6, 6.07) is 18.7. The molecule has 1 aliphatic heterocycles. The number of nitrogens with zero attached hydrogens (tertiary/aromatic N) is 2. The first-order valence-electron chi connectivity index (χ1n) is 8.73. The molecule has 0 bridgehead atoms. The Kier molecular flexibility index (Phi) is 8.34. The molecule has 3 N–H and O–H groups in total. The molecule has 6 heteroatoms. The third-order valence-corrected chi connectivity index (χ3v) is 4.43. The lowest BCUT2D eigenvalue weighted by atomic mass is 10.0. The van der Waals surface area contributed by atoms with Crippen molar-refractivity contribution >= 4 is 35.6 Å². The van der Waals surface area contributed by atoms with Crippen LogP contribution in [0, 0.1) is 6.92 Å². The van der Waals surface area contributed by atoms with Gasteiger partial charge in [-0.1, -0.05) is 48.0 Å². The van der Waals surface area contributed by atoms with Crippen molar-refractivity contribution in [3.8, 4) is 0 Å². The monoisotopic (exact) mass is 466 g/mol. The number of morpholine rings is 1. The highest BCUT2D eigenvalue weighted by Crippen LogP contribution is 2.23. The van der Waals surface area contributed by atoms with E-state index in [1.807, 2.05) is 30.3 Å². The number of hydrogen-bond donors (Lipinski definition) is 2. The van der Waals surface area contributed by atoms with Crippen LogP contribution < -0.4 is 11.1 Å². The molecule has 2 aromatic rings. The van der Waals surface area contributed by atoms with E-state index in [0.717, 1.165) is 32.0 Å². The zero-order chi connectivity index (χ0) is 17.5. The highest BCUT2D eigenvalue weighted by atomic mass is 127. The molecule has 0 amide bonds. The molecule has 0 aromatic heterocycles. The molecule has 1 unspecified atom stereocenters. The van der Waals surface area contributed by atoms with E-state index >= 15 is 0 Å². The summed E-state index contributed by atoms with van der Waals surface area (Å²) in [6.07, 6.45) is 0. The Bertz CT molecular complexity index is 685. The molecule has 1 saturated heterocycles. The molecule has 0 aliphatic carbocycles. The number of guanidine groups is 1. The van der Waals surface area contributed by atoms with Gasteiger partial charge in [-0.2, -0.15) is 0 Å². The van der Waals surface area contributed by atoms with Gasteiger partial charge in [0, 0.05) is 18.8 Å². The average Bonchev–Trinajstić information content (AvgIpc) is 2.65. The van der Waals surface area contributed by atoms with E-state index < -0.39 is 0 Å². The summed E-state index contributed by atoms with van der Waals surface area (Å²) in [5.41, 5.74) is 9.56. The predicted molar refractivity (Wildman–Crippen MR) is 118 cm³/mol. The minimum absolute atomic E-state index is 0. The average molecular weight is 466 g/mol. The van der Waals surface area contributed by atoms with Crippen molar-refractivity contribution < 1.29 is 4.74 Å². The molecular formula is C20H27IN4O. The van der Waals surface area contributed by atoms with Crippen LogP contribution in [0.2, 0.25) is 0 Å². The third kappa shape index (κ3) is 5.96. The van der Waals surface area contributed by atoms with Gasteiger partial charge in [-0.05, 0) is 24.6 Å². The number of hydrogen-bond acceptors (Lipinski definition) is 3. The summed E-state index contributed by atoms with van der Waals surface area (Å²) in [7, 11) is 0. The SMILES string of the molecule is Cc1ccc(C(CN=C(N)Nc2ccccc2)N2CCOCC2)cc1.I. The second-order valence-electron chi connectivity index (χ2n) is 6.29. The Balaban J connectivity index is 0.00000243. The highest BCUT2D eigenvalue weighted by Gasteiger charge is 2.22. The van der Waals surface area contributed by atoms with E-state index in [4.69, 9.17) is 10.5 Å². The Labute approximate surface area is 172 Å². The van der Waals surface area contributed by atoms with Gasteiger partial charge in [-0.15, -0.1) is 24.0 Å². The minimum Gasteiger partial charge on any atom is -0.379 e. The van der Waals surface area contributed by atoms with Gasteiger partial charge < -0.3 is 15.8 Å². The van der Waals surface area contributed by atoms with Crippen molar-refractivity contribution in [2.24, 2.45) is 10.7 Å². The smallest absolute Gasteiger partial charge is 0.193 e. The van der Waals surface area contributed by atoms with Crippen LogP contribution in [0.1, 0.15) is 17.2 Å². The number of nitrogens with two attached hydrogens (primary N) is 1. The topological polar surface area (TPSA) is 62.9 Å². The van der Waals surface area contributed by atoms with E-state index in [1.165, 1.54) is 11.1 Å². The second kappa shape index (κ2) is 10.5. The van der Waals surface area contributed by atoms with E-state index in [9.17, 15) is 0 Å². The maximum atomic E-state index is 6.08. The number of halogens is 1. The summed E-state index contributed by atoms with van der Waals surface area (Å²) < 4.78 is 5.49. The van der Waals surface area contributed by atoms with Crippen LogP contribution in [0.3, 0.4) is 0 Å². The Hall–Kier alpha value is -1.64. The summed E-state index contributed by atoms with van der Waals surface area (Å²) >= 11 is 0. The third-order valence-electron chi connectivity index (χ3n) is 4.43. The van der Waals surface area contributed by atoms with Crippen LogP contribution in [-0.4, -0.2) is 43.7 Å². The summed E-state index contributed by atoms with van der Waals surface area (Å²) in [5, 5.41) is 3.15. The molecule has 1 atom stereocenters. The molecule has 1 fully saturated rings. The number of ether oxygens (including phenoxy) is 1. The fourth-order valence-corrected chi connectivity index (χ4v) is 3.00. The van der Waals surface area contributed by atoms with Gasteiger partial charge in [0.15, 0.2) is 5.96 Å². The van der Waals surface area contributed by atoms with Gasteiger partial charge in [0.2, 0.25) is 0 Å². The van der Waals surface area contributed by atoms with Crippen LogP contribution >= 0.6 is 24.0 Å². The van der Waals surface area contributed by atoms with Crippen molar-refractivity contribution in [3.63, 3.8) is 0 Å². The molecule has 1 heterocycles. The molecule has 26 heavy (non-hydrogen) atoms. The van der Waals surface area contributed by atoms with Crippen molar-refractivity contribution in [2.45, 2.75) is 13.0 Å². The quantitative estimate of drug-likeness (QED) is 0.403. The molecule has 3 rings (SSSR count). The lowest BCUT2D eigenvalue weighted by Crippen LogP contribution is -2.40. The van der Waals surface area contributed by atoms with E-state index in [-0.39, 0.29) is 30.0 Å². The maximum Gasteiger partial charge on any atom is 0.193 e. The number of rotatable bonds is 5. The molecule has 0 spiro atoms. The normalized spacial score (nSPS) is 16.6. The zero-order valence-electron chi connectivity index (χ0n) is 15.1. The van der Waals surface area contributed by atoms with Gasteiger partial charge in [0.05, 0.1) is 25.8 Å². The van der Waals surface area contributed by atoms with E-state index in [2.05, 4.69) is 46.4 Å². The molecule has 2 aromatic carbocycles. The lowest BCUT2D eigenvalue weighted by molar-refractivity contribution is 0.0180. The van der Waals surface area contributed by atoms with Gasteiger partial charge in [-0.3, -0.25) is 9.89 Å². The van der Waals surface area contributed by atoms with Crippen LogP contribution in [-0.2, 0) is 4.74 Å². The Morgan fingerprint density at radius 2 is 1.77 bits per heavy atom. The summed E-state index contributed by atoms with van der Waals surface area (Å²) in [5.74, 6) is 0.441. The van der Waals surface area contributed by atoms with Crippen LogP contribution in [0.4, 0.5) is 5.69 Å². The van der Waals surface area contributed by atoms with Crippen LogP contribution in [0.25, 0.3) is 0 Å². The van der Waals surface area contributed by atoms with Gasteiger partial charge >= 0.3 is 0 Å². The molecule has 5 nitrogen and oxygen atoms in total. The van der Waals surface area contributed by atoms with Crippen molar-refractivity contribution in [3.05, 3.63) is 65.7 Å². The molecule has 0 saturated carbocycles. The molecule has 0 radical (unpaired) electrons. The number of nitrogens with one attached hydrogen (secondary N) is 1. The van der Waals surface area contributed by atoms with Gasteiger partial charge in [0.25, 0.3) is 0 Å². The number of anilines is 1. The first kappa shape index (κ1) is 20.7. The molecular weight excluding hydrogens is 439 g/mol. The largest absolute Gasteiger partial charge is 0.379 e. The zero-order valence-corrected chi connectivity index (χ0v) is 17.4. The first-order valence-corrected chi connectivity index (χ1v) is 8.73. The maximum absolute atomic E-state index is 6.08. The first-order chi connectivity index (χ1) is 12.2. The highest BCUT2D eigenvalue weighted by molar-refractivity contribution is 14.0. The van der Waals surface area contributed by atoms with E-state index in [0.29, 0.717) is 12.5 Å². The van der Waals surface area contributed by atoms with E-state index in [1.54, 1.807) is 0 Å². The fourth-order valence-electron chi connectivity index (χ4n) is 3.00. The van der Waals surface area contributed by atoms with Crippen molar-refractivity contribution in [1.82, 2.24) is 4.90 Å². The van der Waals surface area contributed by atoms with Crippen molar-refractivity contribution in [2.75, 3.05) is 38.2 Å². The van der Waals surface area contributed by atoms with Gasteiger partial charge in [0.1, 0.15) is 0 Å². The van der Waals surface area contributed by atoms with Crippen molar-refractivity contribution in [1.29, 1.82) is 0 Å². The Morgan fingerprint density at radius 1 is 1.12 bits per heavy atom. The Morgan fingerprint density at radius 3 is 2.42 bits per heavy atom. The number of aliphatic imine (C=N–C) groups is 1. The summed E-state index contributed by atoms with van der Waals surface area (Å²) in [6.45, 7) is 6.09. The van der Waals surface area contributed by atoms with Gasteiger partial charge in [-0.25, -0.2) is 0 Å². The number of benzene rings is 2. The fraction of sp³-hybridized carbons (Fsp3) is 0.350. The van der Waals surface area contributed by atoms with Crippen LogP contribution in [0.15, 0.2) is 59.6 Å². The van der Waals surface area contributed by atoms with Crippen LogP contribution in [0.5, 0.6) is 0 Å². The molecule has 140 valence electrons. The standard InChI is InChI=1S/C20H26N4O.HI/c1-16-7-9-17(10-8-16)19(24-11-13-25-14-12-24)15-22-20(21)23-18-5-3-2-4-6-18;/h2-10,19H,11-15H2,1H3,(H3,21,22,23);1H. The molecule has 1 aliphatic rings. The number of aryl methyl sites for hydroxylation is 1.